The van der Waals surface area contributed by atoms with Crippen molar-refractivity contribution in [3.05, 3.63) is 52.4 Å². The smallest absolute Gasteiger partial charge is 0.341 e. The lowest BCUT2D eigenvalue weighted by atomic mass is 10.0. The van der Waals surface area contributed by atoms with E-state index in [2.05, 4.69) is 18.9 Å². The second-order valence-electron chi connectivity index (χ2n) is 6.62. The van der Waals surface area contributed by atoms with Gasteiger partial charge in [-0.25, -0.2) is 9.48 Å². The Morgan fingerprint density at radius 2 is 2.04 bits per heavy atom. The van der Waals surface area contributed by atoms with E-state index in [0.717, 1.165) is 24.1 Å². The number of hydrogen-bond acceptors (Lipinski definition) is 5. The van der Waals surface area contributed by atoms with E-state index in [1.54, 1.807) is 4.68 Å². The first-order valence-corrected chi connectivity index (χ1v) is 9.55. The summed E-state index contributed by atoms with van der Waals surface area (Å²) < 4.78 is 17.6. The Bertz CT molecular complexity index is 845. The molecule has 0 saturated carbocycles. The Balaban J connectivity index is 2.26. The third-order valence-corrected chi connectivity index (χ3v) is 5.04. The zero-order valence-electron chi connectivity index (χ0n) is 17.0. The number of benzene rings is 1. The number of esters is 1. The second-order valence-corrected chi connectivity index (χ2v) is 6.98. The van der Waals surface area contributed by atoms with Crippen LogP contribution in [0.3, 0.4) is 0 Å². The Morgan fingerprint density at radius 1 is 1.32 bits per heavy atom. The van der Waals surface area contributed by atoms with E-state index in [9.17, 15) is 4.79 Å². The molecule has 0 saturated heterocycles. The topological polar surface area (TPSA) is 62.6 Å². The Hall–Kier alpha value is -2.47. The summed E-state index contributed by atoms with van der Waals surface area (Å²) in [6.07, 6.45) is 2.41. The predicted molar refractivity (Wildman–Crippen MR) is 109 cm³/mol. The number of ether oxygens (including phenoxy) is 3. The van der Waals surface area contributed by atoms with Crippen molar-refractivity contribution in [1.82, 2.24) is 9.78 Å². The molecule has 0 N–H and O–H groups in total. The van der Waals surface area contributed by atoms with Crippen LogP contribution in [0.25, 0.3) is 5.57 Å². The Kier molecular flexibility index (Phi) is 7.93. The first kappa shape index (κ1) is 21.8. The highest BCUT2D eigenvalue weighted by Crippen LogP contribution is 2.28. The van der Waals surface area contributed by atoms with Crippen LogP contribution in [0.5, 0.6) is 5.88 Å². The fourth-order valence-electron chi connectivity index (χ4n) is 2.70. The van der Waals surface area contributed by atoms with Gasteiger partial charge in [-0.05, 0) is 24.0 Å². The predicted octanol–water partition coefficient (Wildman–Crippen LogP) is 4.63. The molecule has 0 aliphatic rings. The van der Waals surface area contributed by atoms with Crippen molar-refractivity contribution in [2.24, 2.45) is 5.92 Å². The number of hydrogen-bond donors (Lipinski definition) is 0. The van der Waals surface area contributed by atoms with Gasteiger partial charge in [0.05, 0.1) is 20.5 Å². The zero-order valence-corrected chi connectivity index (χ0v) is 17.7. The molecule has 0 fully saturated rings. The van der Waals surface area contributed by atoms with Gasteiger partial charge >= 0.3 is 5.97 Å². The van der Waals surface area contributed by atoms with Crippen molar-refractivity contribution in [2.45, 2.75) is 40.3 Å². The van der Waals surface area contributed by atoms with Crippen LogP contribution < -0.4 is 4.74 Å². The number of nitrogens with zero attached hydrogens (tertiary/aromatic N) is 2. The summed E-state index contributed by atoms with van der Waals surface area (Å²) in [5.41, 5.74) is 2.60. The Labute approximate surface area is 171 Å². The normalized spacial score (nSPS) is 12.6. The number of halogens is 1. The summed E-state index contributed by atoms with van der Waals surface area (Å²) in [6, 6.07) is 7.43. The summed E-state index contributed by atoms with van der Waals surface area (Å²) in [4.78, 5) is 12.1. The highest BCUT2D eigenvalue weighted by Gasteiger charge is 2.19. The van der Waals surface area contributed by atoms with Gasteiger partial charge in [0.15, 0.2) is 0 Å². The summed E-state index contributed by atoms with van der Waals surface area (Å²) >= 11 is 6.41. The number of methoxy groups -OCH3 is 2. The quantitative estimate of drug-likeness (QED) is 0.345. The second kappa shape index (κ2) is 10.2. The summed E-state index contributed by atoms with van der Waals surface area (Å²) in [6.45, 7) is 7.13. The van der Waals surface area contributed by atoms with Gasteiger partial charge in [-0.1, -0.05) is 56.1 Å². The molecule has 0 radical (unpaired) electrons. The van der Waals surface area contributed by atoms with E-state index >= 15 is 0 Å². The van der Waals surface area contributed by atoms with Gasteiger partial charge in [-0.2, -0.15) is 0 Å². The lowest BCUT2D eigenvalue weighted by Crippen LogP contribution is -2.09. The largest absolute Gasteiger partial charge is 0.503 e. The van der Waals surface area contributed by atoms with Crippen LogP contribution in [-0.4, -0.2) is 30.0 Å². The fraction of sp³-hybridized carbons (Fsp3) is 0.429. The van der Waals surface area contributed by atoms with Crippen molar-refractivity contribution in [1.29, 1.82) is 0 Å². The molecule has 28 heavy (non-hydrogen) atoms. The van der Waals surface area contributed by atoms with Crippen LogP contribution in [0.4, 0.5) is 0 Å². The SMILES string of the molecule is CCC(C)Cn1nc(OCc2ccccc2/C(=C\OC)C(=O)OC)c(C)c1Cl. The molecule has 2 aromatic rings. The van der Waals surface area contributed by atoms with Gasteiger partial charge in [0.25, 0.3) is 0 Å². The highest BCUT2D eigenvalue weighted by molar-refractivity contribution is 6.30. The van der Waals surface area contributed by atoms with Gasteiger partial charge in [-0.15, -0.1) is 5.10 Å². The molecule has 1 aromatic heterocycles. The molecule has 1 aromatic carbocycles. The van der Waals surface area contributed by atoms with Crippen LogP contribution in [0, 0.1) is 12.8 Å². The van der Waals surface area contributed by atoms with Crippen molar-refractivity contribution >= 4 is 23.1 Å². The van der Waals surface area contributed by atoms with Gasteiger partial charge in [0, 0.05) is 12.1 Å². The van der Waals surface area contributed by atoms with Gasteiger partial charge in [0.1, 0.15) is 17.3 Å². The monoisotopic (exact) mass is 406 g/mol. The molecule has 0 spiro atoms. The molecular weight excluding hydrogens is 380 g/mol. The maximum atomic E-state index is 12.1. The first-order chi connectivity index (χ1) is 13.4. The summed E-state index contributed by atoms with van der Waals surface area (Å²) in [5, 5.41) is 5.09. The van der Waals surface area contributed by atoms with E-state index in [0.29, 0.717) is 28.1 Å². The minimum atomic E-state index is -0.480. The van der Waals surface area contributed by atoms with Crippen LogP contribution in [-0.2, 0) is 27.4 Å². The van der Waals surface area contributed by atoms with Gasteiger partial charge in [0.2, 0.25) is 5.88 Å². The van der Waals surface area contributed by atoms with E-state index in [-0.39, 0.29) is 6.61 Å². The molecule has 0 amide bonds. The molecule has 7 heteroatoms. The molecular formula is C21H27ClN2O4. The molecule has 152 valence electrons. The van der Waals surface area contributed by atoms with Crippen LogP contribution >= 0.6 is 11.6 Å². The van der Waals surface area contributed by atoms with Crippen molar-refractivity contribution in [3.63, 3.8) is 0 Å². The van der Waals surface area contributed by atoms with Gasteiger partial charge < -0.3 is 14.2 Å². The Morgan fingerprint density at radius 3 is 2.68 bits per heavy atom. The van der Waals surface area contributed by atoms with E-state index in [1.807, 2.05) is 31.2 Å². The van der Waals surface area contributed by atoms with Gasteiger partial charge in [-0.3, -0.25) is 0 Å². The molecule has 0 bridgehead atoms. The van der Waals surface area contributed by atoms with Crippen molar-refractivity contribution < 1.29 is 19.0 Å². The molecule has 0 aliphatic heterocycles. The number of rotatable bonds is 9. The molecule has 0 aliphatic carbocycles. The van der Waals surface area contributed by atoms with Crippen molar-refractivity contribution in [3.8, 4) is 5.88 Å². The highest BCUT2D eigenvalue weighted by atomic mass is 35.5. The minimum absolute atomic E-state index is 0.228. The summed E-state index contributed by atoms with van der Waals surface area (Å²) in [7, 11) is 2.82. The van der Waals surface area contributed by atoms with E-state index in [1.165, 1.54) is 20.5 Å². The summed E-state index contributed by atoms with van der Waals surface area (Å²) in [5.74, 6) is 0.469. The molecule has 2 rings (SSSR count). The fourth-order valence-corrected chi connectivity index (χ4v) is 2.88. The molecule has 6 nitrogen and oxygen atoms in total. The molecule has 1 heterocycles. The first-order valence-electron chi connectivity index (χ1n) is 9.18. The lowest BCUT2D eigenvalue weighted by molar-refractivity contribution is -0.133. The molecule has 1 unspecified atom stereocenters. The standard InChI is InChI=1S/C21H27ClN2O4/c1-6-14(2)11-24-19(22)15(3)20(23-24)28-12-16-9-7-8-10-17(16)18(13-26-4)21(25)27-5/h7-10,13-14H,6,11-12H2,1-5H3/b18-13+. The zero-order chi connectivity index (χ0) is 20.7. The lowest BCUT2D eigenvalue weighted by Gasteiger charge is -2.12. The van der Waals surface area contributed by atoms with E-state index in [4.69, 9.17) is 25.8 Å². The average molecular weight is 407 g/mol. The maximum Gasteiger partial charge on any atom is 0.341 e. The van der Waals surface area contributed by atoms with Crippen LogP contribution in [0.1, 0.15) is 37.0 Å². The maximum absolute atomic E-state index is 12.1. The minimum Gasteiger partial charge on any atom is -0.503 e. The third kappa shape index (κ3) is 5.07. The number of aromatic nitrogens is 2. The van der Waals surface area contributed by atoms with Crippen LogP contribution in [0.15, 0.2) is 30.5 Å². The number of carbonyl (C=O) groups is 1. The van der Waals surface area contributed by atoms with E-state index < -0.39 is 5.97 Å². The third-order valence-electron chi connectivity index (χ3n) is 4.56. The average Bonchev–Trinajstić information content (AvgIpc) is 2.97. The van der Waals surface area contributed by atoms with Crippen LogP contribution in [0.2, 0.25) is 5.15 Å². The van der Waals surface area contributed by atoms with Crippen molar-refractivity contribution in [2.75, 3.05) is 14.2 Å². The molecule has 1 atom stereocenters. The number of carbonyl (C=O) groups excluding carboxylic acids is 1.